The van der Waals surface area contributed by atoms with Crippen LogP contribution in [0.4, 0.5) is 8.78 Å². The summed E-state index contributed by atoms with van der Waals surface area (Å²) in [6.45, 7) is 6.26. The Morgan fingerprint density at radius 2 is 1.94 bits per heavy atom. The molecule has 0 saturated carbocycles. The second kappa shape index (κ2) is 5.25. The standard InChI is InChI=1S/C13H16F2O2/c1-13(2,3)6-7-17-12(16)10-5-4-9(14)8-11(10)15/h4-5,8H,6-7H2,1-3H3. The molecule has 0 saturated heterocycles. The van der Waals surface area contributed by atoms with E-state index in [1.54, 1.807) is 0 Å². The Kier molecular flexibility index (Phi) is 4.21. The number of esters is 1. The first-order valence-corrected chi connectivity index (χ1v) is 5.42. The number of carbonyl (C=O) groups is 1. The molecule has 2 nitrogen and oxygen atoms in total. The second-order valence-corrected chi connectivity index (χ2v) is 5.07. The molecule has 0 atom stereocenters. The van der Waals surface area contributed by atoms with E-state index in [1.807, 2.05) is 20.8 Å². The Morgan fingerprint density at radius 3 is 2.47 bits per heavy atom. The van der Waals surface area contributed by atoms with Gasteiger partial charge in [-0.2, -0.15) is 0 Å². The average Bonchev–Trinajstić information content (AvgIpc) is 2.15. The molecule has 0 fully saturated rings. The maximum Gasteiger partial charge on any atom is 0.341 e. The number of benzene rings is 1. The zero-order chi connectivity index (χ0) is 13.1. The number of carbonyl (C=O) groups excluding carboxylic acids is 1. The molecular weight excluding hydrogens is 226 g/mol. The van der Waals surface area contributed by atoms with Crippen LogP contribution in [-0.2, 0) is 4.74 Å². The van der Waals surface area contributed by atoms with E-state index < -0.39 is 17.6 Å². The molecule has 0 amide bonds. The molecule has 17 heavy (non-hydrogen) atoms. The smallest absolute Gasteiger partial charge is 0.341 e. The summed E-state index contributed by atoms with van der Waals surface area (Å²) in [5.41, 5.74) is -0.193. The zero-order valence-electron chi connectivity index (χ0n) is 10.2. The number of ether oxygens (including phenoxy) is 1. The van der Waals surface area contributed by atoms with Crippen molar-refractivity contribution in [2.75, 3.05) is 6.61 Å². The number of halogens is 2. The third-order valence-electron chi connectivity index (χ3n) is 2.24. The molecule has 94 valence electrons. The lowest BCUT2D eigenvalue weighted by atomic mass is 9.93. The summed E-state index contributed by atoms with van der Waals surface area (Å²) in [6.07, 6.45) is 0.682. The van der Waals surface area contributed by atoms with E-state index in [4.69, 9.17) is 4.74 Å². The van der Waals surface area contributed by atoms with E-state index in [0.717, 1.165) is 12.1 Å². The van der Waals surface area contributed by atoms with Gasteiger partial charge >= 0.3 is 5.97 Å². The average molecular weight is 242 g/mol. The van der Waals surface area contributed by atoms with E-state index in [2.05, 4.69) is 0 Å². The van der Waals surface area contributed by atoms with Gasteiger partial charge in [0.05, 0.1) is 12.2 Å². The normalized spacial score (nSPS) is 11.4. The molecule has 0 unspecified atom stereocenters. The van der Waals surface area contributed by atoms with E-state index >= 15 is 0 Å². The van der Waals surface area contributed by atoms with Crippen LogP contribution in [-0.4, -0.2) is 12.6 Å². The Bertz CT molecular complexity index is 408. The molecule has 4 heteroatoms. The van der Waals surface area contributed by atoms with Gasteiger partial charge in [-0.1, -0.05) is 20.8 Å². The highest BCUT2D eigenvalue weighted by atomic mass is 19.1. The Morgan fingerprint density at radius 1 is 1.29 bits per heavy atom. The minimum atomic E-state index is -0.897. The van der Waals surface area contributed by atoms with Crippen molar-refractivity contribution >= 4 is 5.97 Å². The predicted molar refractivity (Wildman–Crippen MR) is 60.7 cm³/mol. The number of hydrogen-bond acceptors (Lipinski definition) is 2. The van der Waals surface area contributed by atoms with E-state index in [9.17, 15) is 13.6 Å². The Hall–Kier alpha value is -1.45. The van der Waals surface area contributed by atoms with Crippen molar-refractivity contribution in [1.82, 2.24) is 0 Å². The van der Waals surface area contributed by atoms with Crippen LogP contribution >= 0.6 is 0 Å². The van der Waals surface area contributed by atoms with Crippen molar-refractivity contribution in [2.24, 2.45) is 5.41 Å². The lowest BCUT2D eigenvalue weighted by Gasteiger charge is -2.17. The molecule has 0 N–H and O–H groups in total. The quantitative estimate of drug-likeness (QED) is 0.757. The number of hydrogen-bond donors (Lipinski definition) is 0. The molecule has 1 aromatic carbocycles. The van der Waals surface area contributed by atoms with Crippen molar-refractivity contribution in [1.29, 1.82) is 0 Å². The fourth-order valence-corrected chi connectivity index (χ4v) is 1.18. The fraction of sp³-hybridized carbons (Fsp3) is 0.462. The first-order valence-electron chi connectivity index (χ1n) is 5.42. The van der Waals surface area contributed by atoms with Crippen LogP contribution in [0.1, 0.15) is 37.6 Å². The molecule has 0 aliphatic rings. The van der Waals surface area contributed by atoms with Crippen LogP contribution in [0.25, 0.3) is 0 Å². The van der Waals surface area contributed by atoms with Gasteiger partial charge in [0, 0.05) is 6.07 Å². The van der Waals surface area contributed by atoms with Crippen LogP contribution in [0, 0.1) is 17.0 Å². The molecule has 1 aromatic rings. The molecule has 0 aromatic heterocycles. The molecule has 0 heterocycles. The summed E-state index contributed by atoms with van der Waals surface area (Å²) in [4.78, 5) is 11.5. The third kappa shape index (κ3) is 4.51. The van der Waals surface area contributed by atoms with Gasteiger partial charge in [0.15, 0.2) is 0 Å². The highest BCUT2D eigenvalue weighted by Gasteiger charge is 2.16. The number of rotatable bonds is 3. The van der Waals surface area contributed by atoms with Crippen LogP contribution in [0.3, 0.4) is 0 Å². The van der Waals surface area contributed by atoms with Gasteiger partial charge < -0.3 is 4.74 Å². The predicted octanol–water partition coefficient (Wildman–Crippen LogP) is 3.56. The third-order valence-corrected chi connectivity index (χ3v) is 2.24. The van der Waals surface area contributed by atoms with Crippen LogP contribution < -0.4 is 0 Å². The van der Waals surface area contributed by atoms with Crippen molar-refractivity contribution in [3.05, 3.63) is 35.4 Å². The largest absolute Gasteiger partial charge is 0.462 e. The SMILES string of the molecule is CC(C)(C)CCOC(=O)c1ccc(F)cc1F. The van der Waals surface area contributed by atoms with Gasteiger partial charge in [-0.05, 0) is 24.0 Å². The van der Waals surface area contributed by atoms with Crippen LogP contribution in [0.5, 0.6) is 0 Å². The monoisotopic (exact) mass is 242 g/mol. The molecular formula is C13H16F2O2. The van der Waals surface area contributed by atoms with Crippen LogP contribution in [0.2, 0.25) is 0 Å². The van der Waals surface area contributed by atoms with Crippen molar-refractivity contribution in [3.8, 4) is 0 Å². The molecule has 0 bridgehead atoms. The lowest BCUT2D eigenvalue weighted by molar-refractivity contribution is 0.0459. The van der Waals surface area contributed by atoms with Gasteiger partial charge in [0.1, 0.15) is 11.6 Å². The summed E-state index contributed by atoms with van der Waals surface area (Å²) >= 11 is 0. The minimum absolute atomic E-state index is 0.0433. The molecule has 0 radical (unpaired) electrons. The van der Waals surface area contributed by atoms with Gasteiger partial charge in [0.2, 0.25) is 0 Å². The van der Waals surface area contributed by atoms with Gasteiger partial charge in [-0.25, -0.2) is 13.6 Å². The highest BCUT2D eigenvalue weighted by Crippen LogP contribution is 2.18. The fourth-order valence-electron chi connectivity index (χ4n) is 1.18. The van der Waals surface area contributed by atoms with E-state index in [-0.39, 0.29) is 17.6 Å². The maximum absolute atomic E-state index is 13.2. The van der Waals surface area contributed by atoms with Crippen molar-refractivity contribution in [2.45, 2.75) is 27.2 Å². The molecule has 0 spiro atoms. The van der Waals surface area contributed by atoms with E-state index in [1.165, 1.54) is 0 Å². The topological polar surface area (TPSA) is 26.3 Å². The van der Waals surface area contributed by atoms with Gasteiger partial charge in [0.25, 0.3) is 0 Å². The first kappa shape index (κ1) is 13.6. The zero-order valence-corrected chi connectivity index (χ0v) is 10.2. The van der Waals surface area contributed by atoms with Gasteiger partial charge in [-0.3, -0.25) is 0 Å². The second-order valence-electron chi connectivity index (χ2n) is 5.07. The summed E-state index contributed by atoms with van der Waals surface area (Å²) in [7, 11) is 0. The Balaban J connectivity index is 2.59. The first-order chi connectivity index (χ1) is 7.79. The lowest BCUT2D eigenvalue weighted by Crippen LogP contribution is -2.14. The van der Waals surface area contributed by atoms with Gasteiger partial charge in [-0.15, -0.1) is 0 Å². The maximum atomic E-state index is 13.2. The molecule has 1 rings (SSSR count). The molecule has 0 aliphatic heterocycles. The van der Waals surface area contributed by atoms with Crippen LogP contribution in [0.15, 0.2) is 18.2 Å². The highest BCUT2D eigenvalue weighted by molar-refractivity contribution is 5.89. The van der Waals surface area contributed by atoms with Crippen molar-refractivity contribution < 1.29 is 18.3 Å². The summed E-state index contributed by atoms with van der Waals surface area (Å²) in [5.74, 6) is -2.37. The summed E-state index contributed by atoms with van der Waals surface area (Å²) in [6, 6.07) is 2.79. The summed E-state index contributed by atoms with van der Waals surface area (Å²) in [5, 5.41) is 0. The van der Waals surface area contributed by atoms with Crippen molar-refractivity contribution in [3.63, 3.8) is 0 Å². The van der Waals surface area contributed by atoms with E-state index in [0.29, 0.717) is 12.5 Å². The Labute approximate surface area is 99.6 Å². The molecule has 0 aliphatic carbocycles. The summed E-state index contributed by atoms with van der Waals surface area (Å²) < 4.78 is 30.8. The minimum Gasteiger partial charge on any atom is -0.462 e.